The maximum absolute atomic E-state index is 16.0. The fraction of sp³-hybridized carbons (Fsp3) is 0.231. The van der Waals surface area contributed by atoms with Gasteiger partial charge in [-0.05, 0) is 12.5 Å². The molecule has 2 unspecified atom stereocenters. The highest BCUT2D eigenvalue weighted by Gasteiger charge is 2.52. The summed E-state index contributed by atoms with van der Waals surface area (Å²) in [5.41, 5.74) is -0.148. The summed E-state index contributed by atoms with van der Waals surface area (Å²) in [4.78, 5) is 12.4. The summed E-state index contributed by atoms with van der Waals surface area (Å²) >= 11 is 6.43. The third-order valence-corrected chi connectivity index (χ3v) is 7.36. The number of halogens is 3. The molecule has 164 valence electrons. The molecule has 1 aliphatic carbocycles. The van der Waals surface area contributed by atoms with Crippen molar-refractivity contribution in [3.63, 3.8) is 0 Å². The summed E-state index contributed by atoms with van der Waals surface area (Å²) in [5.74, 6) is -1.74. The highest BCUT2D eigenvalue weighted by atomic mass is 35.5. The Morgan fingerprint density at radius 1 is 1.15 bits per heavy atom. The zero-order valence-corrected chi connectivity index (χ0v) is 18.1. The van der Waals surface area contributed by atoms with Crippen molar-refractivity contribution in [3.8, 4) is 28.7 Å². The Morgan fingerprint density at radius 3 is 2.61 bits per heavy atom. The van der Waals surface area contributed by atoms with E-state index in [0.29, 0.717) is 35.1 Å². The highest BCUT2D eigenvalue weighted by Crippen LogP contribution is 2.59. The zero-order chi connectivity index (χ0) is 23.1. The molecular weight excluding hydrogens is 448 g/mol. The first-order chi connectivity index (χ1) is 15.9. The van der Waals surface area contributed by atoms with Crippen LogP contribution in [0.15, 0.2) is 42.5 Å². The Labute approximate surface area is 193 Å². The van der Waals surface area contributed by atoms with Crippen LogP contribution in [0.3, 0.4) is 0 Å². The van der Waals surface area contributed by atoms with Crippen molar-refractivity contribution in [2.75, 3.05) is 0 Å². The number of fused-ring (bicyclic) bond motifs is 4. The average Bonchev–Trinajstić information content (AvgIpc) is 3.39. The van der Waals surface area contributed by atoms with E-state index >= 15 is 8.78 Å². The number of nitriles is 1. The summed E-state index contributed by atoms with van der Waals surface area (Å²) in [6, 6.07) is 13.4. The number of aldehydes is 1. The number of carbonyl (C=O) groups excluding carboxylic acids is 1. The van der Waals surface area contributed by atoms with E-state index in [9.17, 15) is 10.1 Å². The van der Waals surface area contributed by atoms with Gasteiger partial charge in [-0.15, -0.1) is 0 Å². The lowest BCUT2D eigenvalue weighted by Crippen LogP contribution is -2.35. The third-order valence-electron chi connectivity index (χ3n) is 6.99. The normalized spacial score (nSPS) is 25.8. The first-order valence-electron chi connectivity index (χ1n) is 10.6. The fourth-order valence-electron chi connectivity index (χ4n) is 5.25. The van der Waals surface area contributed by atoms with E-state index < -0.39 is 23.2 Å². The molecule has 3 aliphatic rings. The molecular formula is C26H16ClF2NO3. The Morgan fingerprint density at radius 2 is 1.91 bits per heavy atom. The number of carbonyl (C=O) groups is 1. The van der Waals surface area contributed by atoms with Gasteiger partial charge in [-0.25, -0.2) is 8.78 Å². The molecule has 2 heterocycles. The number of hydrogen-bond donors (Lipinski definition) is 0. The van der Waals surface area contributed by atoms with Crippen molar-refractivity contribution in [1.82, 2.24) is 0 Å². The van der Waals surface area contributed by atoms with Gasteiger partial charge in [0.05, 0.1) is 10.6 Å². The molecule has 3 aromatic carbocycles. The second-order valence-corrected chi connectivity index (χ2v) is 9.07. The number of benzene rings is 3. The van der Waals surface area contributed by atoms with Crippen LogP contribution in [-0.2, 0) is 10.4 Å². The van der Waals surface area contributed by atoms with Gasteiger partial charge in [0, 0.05) is 45.7 Å². The van der Waals surface area contributed by atoms with Gasteiger partial charge >= 0.3 is 0 Å². The van der Waals surface area contributed by atoms with Crippen molar-refractivity contribution in [1.29, 1.82) is 5.26 Å². The van der Waals surface area contributed by atoms with Crippen molar-refractivity contribution < 1.29 is 23.0 Å². The maximum Gasteiger partial charge on any atom is 0.195 e. The number of hydrogen-bond acceptors (Lipinski definition) is 4. The van der Waals surface area contributed by atoms with Gasteiger partial charge in [-0.2, -0.15) is 5.26 Å². The molecule has 4 atom stereocenters. The van der Waals surface area contributed by atoms with Gasteiger partial charge in [0.15, 0.2) is 11.9 Å². The molecule has 3 aromatic rings. The lowest BCUT2D eigenvalue weighted by Gasteiger charge is -2.28. The van der Waals surface area contributed by atoms with E-state index in [-0.39, 0.29) is 39.5 Å². The van der Waals surface area contributed by atoms with E-state index in [4.69, 9.17) is 21.1 Å². The third kappa shape index (κ3) is 2.57. The fourth-order valence-corrected chi connectivity index (χ4v) is 5.50. The van der Waals surface area contributed by atoms with Crippen molar-refractivity contribution in [2.45, 2.75) is 36.9 Å². The van der Waals surface area contributed by atoms with E-state index in [2.05, 4.69) is 0 Å². The first-order valence-corrected chi connectivity index (χ1v) is 10.9. The molecule has 0 radical (unpaired) electrons. The van der Waals surface area contributed by atoms with E-state index in [1.807, 2.05) is 12.1 Å². The van der Waals surface area contributed by atoms with Gasteiger partial charge in [-0.3, -0.25) is 4.79 Å². The Bertz CT molecular complexity index is 1400. The molecule has 0 bridgehead atoms. The highest BCUT2D eigenvalue weighted by molar-refractivity contribution is 6.34. The van der Waals surface area contributed by atoms with Crippen LogP contribution < -0.4 is 9.47 Å². The molecule has 0 aromatic heterocycles. The van der Waals surface area contributed by atoms with Crippen LogP contribution in [-0.4, -0.2) is 12.4 Å². The molecule has 0 N–H and O–H groups in total. The second kappa shape index (κ2) is 6.79. The van der Waals surface area contributed by atoms with Crippen molar-refractivity contribution in [3.05, 3.63) is 81.4 Å². The molecule has 7 heteroatoms. The summed E-state index contributed by atoms with van der Waals surface area (Å²) in [6.45, 7) is 1.75. The minimum absolute atomic E-state index is 0.0160. The van der Waals surface area contributed by atoms with Crippen LogP contribution in [0.1, 0.15) is 47.4 Å². The minimum atomic E-state index is -1.44. The molecule has 0 saturated heterocycles. The van der Waals surface area contributed by atoms with Crippen LogP contribution in [0.4, 0.5) is 8.78 Å². The van der Waals surface area contributed by atoms with Crippen LogP contribution >= 0.6 is 11.6 Å². The van der Waals surface area contributed by atoms with Crippen LogP contribution in [0.5, 0.6) is 11.5 Å². The Hall–Kier alpha value is -3.43. The minimum Gasteiger partial charge on any atom is -0.489 e. The van der Waals surface area contributed by atoms with Crippen LogP contribution in [0, 0.1) is 23.0 Å². The summed E-state index contributed by atoms with van der Waals surface area (Å²) in [5, 5.41) is 9.50. The van der Waals surface area contributed by atoms with Gasteiger partial charge in [0.1, 0.15) is 35.3 Å². The molecule has 2 aliphatic heterocycles. The predicted molar refractivity (Wildman–Crippen MR) is 117 cm³/mol. The second-order valence-electron chi connectivity index (χ2n) is 8.70. The molecule has 1 saturated carbocycles. The zero-order valence-electron chi connectivity index (χ0n) is 17.4. The van der Waals surface area contributed by atoms with Gasteiger partial charge in [-0.1, -0.05) is 48.9 Å². The molecule has 0 amide bonds. The lowest BCUT2D eigenvalue weighted by molar-refractivity contribution is -0.122. The van der Waals surface area contributed by atoms with E-state index in [1.54, 1.807) is 31.2 Å². The molecule has 6 rings (SSSR count). The van der Waals surface area contributed by atoms with E-state index in [0.717, 1.165) is 6.07 Å². The van der Waals surface area contributed by atoms with Crippen LogP contribution in [0.25, 0.3) is 11.1 Å². The number of ether oxygens (including phenoxy) is 2. The van der Waals surface area contributed by atoms with Gasteiger partial charge in [0.2, 0.25) is 0 Å². The SMILES string of the molecule is C[C@H]1c2c(cc(F)c(Cl)c2-c2c(C#N)cc3c(c2F)C2CC2O3)O[C@]1(C=O)c1ccccc1. The Balaban J connectivity index is 1.64. The monoisotopic (exact) mass is 463 g/mol. The largest absolute Gasteiger partial charge is 0.489 e. The standard InChI is InChI=1S/C26H16ClF2NO3/c1-12-20-19(33-26(12,11-31)14-5-3-2-4-6-14)9-16(28)24(27)23(20)21-13(10-30)7-18-22(25(21)29)15-8-17(15)32-18/h2-7,9,11-12,15,17H,8H2,1H3/t12-,15?,17?,26-/m0/s1. The molecule has 33 heavy (non-hydrogen) atoms. The smallest absolute Gasteiger partial charge is 0.195 e. The summed E-state index contributed by atoms with van der Waals surface area (Å²) in [7, 11) is 0. The first kappa shape index (κ1) is 20.2. The average molecular weight is 464 g/mol. The van der Waals surface area contributed by atoms with Crippen molar-refractivity contribution >= 4 is 17.9 Å². The lowest BCUT2D eigenvalue weighted by atomic mass is 9.78. The topological polar surface area (TPSA) is 59.3 Å². The summed E-state index contributed by atoms with van der Waals surface area (Å²) in [6.07, 6.45) is 1.29. The van der Waals surface area contributed by atoms with Gasteiger partial charge < -0.3 is 9.47 Å². The summed E-state index contributed by atoms with van der Waals surface area (Å²) < 4.78 is 42.7. The van der Waals surface area contributed by atoms with E-state index in [1.165, 1.54) is 6.07 Å². The number of nitrogens with zero attached hydrogens (tertiary/aromatic N) is 1. The molecule has 0 spiro atoms. The quantitative estimate of drug-likeness (QED) is 0.447. The maximum atomic E-state index is 16.0. The molecule has 1 fully saturated rings. The van der Waals surface area contributed by atoms with Crippen molar-refractivity contribution in [2.24, 2.45) is 0 Å². The number of rotatable bonds is 3. The van der Waals surface area contributed by atoms with Crippen LogP contribution in [0.2, 0.25) is 5.02 Å². The van der Waals surface area contributed by atoms with Gasteiger partial charge in [0.25, 0.3) is 0 Å². The Kier molecular flexibility index (Phi) is 4.15. The predicted octanol–water partition coefficient (Wildman–Crippen LogP) is 6.00. The molecule has 4 nitrogen and oxygen atoms in total.